The number of unbranched alkanes of at least 4 members (excludes halogenated alkanes) is 1. The maximum Gasteiger partial charge on any atom is 0.236 e. The number of hydrogen-bond acceptors (Lipinski definition) is 3. The molecule has 0 saturated carbocycles. The first kappa shape index (κ1) is 21.2. The van der Waals surface area contributed by atoms with E-state index in [9.17, 15) is 13.6 Å². The lowest BCUT2D eigenvalue weighted by Crippen LogP contribution is -2.41. The van der Waals surface area contributed by atoms with Crippen molar-refractivity contribution in [3.63, 3.8) is 0 Å². The van der Waals surface area contributed by atoms with Gasteiger partial charge in [0.25, 0.3) is 0 Å². The topological polar surface area (TPSA) is 35.6 Å². The van der Waals surface area contributed by atoms with E-state index < -0.39 is 11.6 Å². The Bertz CT molecular complexity index is 667. The molecule has 156 valence electrons. The van der Waals surface area contributed by atoms with Crippen LogP contribution >= 0.6 is 0 Å². The second kappa shape index (κ2) is 10.3. The van der Waals surface area contributed by atoms with E-state index in [-0.39, 0.29) is 5.91 Å². The highest BCUT2D eigenvalue weighted by molar-refractivity contribution is 5.78. The Hall–Kier alpha value is -1.53. The van der Waals surface area contributed by atoms with Crippen LogP contribution in [-0.4, -0.2) is 61.0 Å². The van der Waals surface area contributed by atoms with Gasteiger partial charge in [-0.2, -0.15) is 0 Å². The molecular weight excluding hydrogens is 360 g/mol. The molecule has 2 aliphatic rings. The molecule has 1 aliphatic heterocycles. The molecule has 1 aromatic rings. The SMILES string of the molecule is CCCN(CCCCN1CCCNCC1=O)C1CCc2c(F)cc(F)cc2C1. The number of carbonyl (C=O) groups is 1. The Kier molecular flexibility index (Phi) is 7.80. The van der Waals surface area contributed by atoms with E-state index >= 15 is 0 Å². The number of nitrogens with one attached hydrogen (secondary N) is 1. The standard InChI is InChI=1S/C22H33F2N3O/c1-2-9-26(10-3-4-11-27-12-5-8-25-16-22(27)28)19-6-7-20-17(14-19)13-18(23)15-21(20)24/h13,15,19,25H,2-12,14,16H2,1H3. The Morgan fingerprint density at radius 3 is 2.93 bits per heavy atom. The van der Waals surface area contributed by atoms with Crippen LogP contribution in [0.1, 0.15) is 50.2 Å². The minimum Gasteiger partial charge on any atom is -0.342 e. The summed E-state index contributed by atoms with van der Waals surface area (Å²) in [6, 6.07) is 2.86. The van der Waals surface area contributed by atoms with Crippen molar-refractivity contribution in [3.05, 3.63) is 34.9 Å². The summed E-state index contributed by atoms with van der Waals surface area (Å²) >= 11 is 0. The lowest BCUT2D eigenvalue weighted by Gasteiger charge is -2.35. The van der Waals surface area contributed by atoms with Gasteiger partial charge in [0.05, 0.1) is 6.54 Å². The molecule has 1 unspecified atom stereocenters. The lowest BCUT2D eigenvalue weighted by atomic mass is 9.86. The summed E-state index contributed by atoms with van der Waals surface area (Å²) in [7, 11) is 0. The molecule has 1 aromatic carbocycles. The van der Waals surface area contributed by atoms with Crippen molar-refractivity contribution < 1.29 is 13.6 Å². The third kappa shape index (κ3) is 5.51. The zero-order chi connectivity index (χ0) is 19.9. The summed E-state index contributed by atoms with van der Waals surface area (Å²) in [5.74, 6) is -0.668. The largest absolute Gasteiger partial charge is 0.342 e. The number of carbonyl (C=O) groups excluding carboxylic acids is 1. The van der Waals surface area contributed by atoms with Crippen LogP contribution in [0.2, 0.25) is 0 Å². The Balaban J connectivity index is 1.51. The smallest absolute Gasteiger partial charge is 0.236 e. The van der Waals surface area contributed by atoms with Gasteiger partial charge < -0.3 is 15.1 Å². The summed E-state index contributed by atoms with van der Waals surface area (Å²) in [5.41, 5.74) is 1.53. The second-order valence-electron chi connectivity index (χ2n) is 8.08. The second-order valence-corrected chi connectivity index (χ2v) is 8.08. The predicted octanol–water partition coefficient (Wildman–Crippen LogP) is 3.14. The fraction of sp³-hybridized carbons (Fsp3) is 0.682. The van der Waals surface area contributed by atoms with Crippen molar-refractivity contribution in [2.45, 2.75) is 57.9 Å². The molecule has 0 bridgehead atoms. The normalized spacial score (nSPS) is 20.4. The molecule has 1 N–H and O–H groups in total. The highest BCUT2D eigenvalue weighted by Crippen LogP contribution is 2.28. The van der Waals surface area contributed by atoms with E-state index in [0.29, 0.717) is 24.6 Å². The number of rotatable bonds is 8. The predicted molar refractivity (Wildman–Crippen MR) is 107 cm³/mol. The van der Waals surface area contributed by atoms with Gasteiger partial charge in [0.15, 0.2) is 0 Å². The first-order valence-corrected chi connectivity index (χ1v) is 10.8. The number of benzene rings is 1. The van der Waals surface area contributed by atoms with Gasteiger partial charge in [-0.1, -0.05) is 6.92 Å². The number of nitrogens with zero attached hydrogens (tertiary/aromatic N) is 2. The van der Waals surface area contributed by atoms with Gasteiger partial charge in [-0.3, -0.25) is 4.79 Å². The van der Waals surface area contributed by atoms with Crippen LogP contribution in [0.5, 0.6) is 0 Å². The quantitative estimate of drug-likeness (QED) is 0.690. The Labute approximate surface area is 167 Å². The fourth-order valence-corrected chi connectivity index (χ4v) is 4.54. The van der Waals surface area contributed by atoms with Gasteiger partial charge in [0.2, 0.25) is 5.91 Å². The van der Waals surface area contributed by atoms with Gasteiger partial charge in [0.1, 0.15) is 11.6 Å². The fourth-order valence-electron chi connectivity index (χ4n) is 4.54. The molecule has 1 atom stereocenters. The van der Waals surface area contributed by atoms with Crippen molar-refractivity contribution >= 4 is 5.91 Å². The molecule has 1 saturated heterocycles. The molecular formula is C22H33F2N3O. The van der Waals surface area contributed by atoms with Crippen LogP contribution in [0, 0.1) is 11.6 Å². The van der Waals surface area contributed by atoms with Crippen LogP contribution in [0.3, 0.4) is 0 Å². The summed E-state index contributed by atoms with van der Waals surface area (Å²) in [4.78, 5) is 16.5. The molecule has 0 radical (unpaired) electrons. The number of hydrogen-bond donors (Lipinski definition) is 1. The van der Waals surface area contributed by atoms with Crippen LogP contribution in [-0.2, 0) is 17.6 Å². The lowest BCUT2D eigenvalue weighted by molar-refractivity contribution is -0.129. The zero-order valence-corrected chi connectivity index (χ0v) is 17.0. The summed E-state index contributed by atoms with van der Waals surface area (Å²) in [5, 5.41) is 3.16. The molecule has 1 fully saturated rings. The minimum atomic E-state index is -0.476. The molecule has 0 aromatic heterocycles. The Morgan fingerprint density at radius 2 is 2.11 bits per heavy atom. The number of halogens is 2. The third-order valence-corrected chi connectivity index (χ3v) is 6.00. The van der Waals surface area contributed by atoms with Crippen LogP contribution < -0.4 is 5.32 Å². The molecule has 6 heteroatoms. The van der Waals surface area contributed by atoms with Crippen molar-refractivity contribution in [3.8, 4) is 0 Å². The number of amides is 1. The van der Waals surface area contributed by atoms with Gasteiger partial charge in [-0.25, -0.2) is 8.78 Å². The monoisotopic (exact) mass is 393 g/mol. The third-order valence-electron chi connectivity index (χ3n) is 6.00. The molecule has 28 heavy (non-hydrogen) atoms. The average molecular weight is 394 g/mol. The van der Waals surface area contributed by atoms with E-state index in [1.54, 1.807) is 0 Å². The number of fused-ring (bicyclic) bond motifs is 1. The highest BCUT2D eigenvalue weighted by atomic mass is 19.1. The first-order chi connectivity index (χ1) is 13.6. The van der Waals surface area contributed by atoms with Gasteiger partial charge in [-0.15, -0.1) is 0 Å². The first-order valence-electron chi connectivity index (χ1n) is 10.8. The Morgan fingerprint density at radius 1 is 1.25 bits per heavy atom. The summed E-state index contributed by atoms with van der Waals surface area (Å²) in [6.45, 7) is 7.20. The van der Waals surface area contributed by atoms with E-state index in [1.165, 1.54) is 6.07 Å². The molecule has 1 aliphatic carbocycles. The van der Waals surface area contributed by atoms with Gasteiger partial charge in [-0.05, 0) is 81.8 Å². The molecule has 1 heterocycles. The van der Waals surface area contributed by atoms with E-state index in [0.717, 1.165) is 82.9 Å². The average Bonchev–Trinajstić information content (AvgIpc) is 2.88. The van der Waals surface area contributed by atoms with Crippen LogP contribution in [0.15, 0.2) is 12.1 Å². The van der Waals surface area contributed by atoms with Gasteiger partial charge >= 0.3 is 0 Å². The maximum atomic E-state index is 14.0. The van der Waals surface area contributed by atoms with Crippen LogP contribution in [0.25, 0.3) is 0 Å². The van der Waals surface area contributed by atoms with E-state index in [1.807, 2.05) is 4.90 Å². The van der Waals surface area contributed by atoms with Crippen molar-refractivity contribution in [1.29, 1.82) is 0 Å². The van der Waals surface area contributed by atoms with Gasteiger partial charge in [0, 0.05) is 25.2 Å². The minimum absolute atomic E-state index is 0.204. The van der Waals surface area contributed by atoms with Crippen LogP contribution in [0.4, 0.5) is 8.78 Å². The van der Waals surface area contributed by atoms with Crippen molar-refractivity contribution in [2.75, 3.05) is 39.3 Å². The molecule has 4 nitrogen and oxygen atoms in total. The van der Waals surface area contributed by atoms with E-state index in [2.05, 4.69) is 17.1 Å². The molecule has 3 rings (SSSR count). The highest BCUT2D eigenvalue weighted by Gasteiger charge is 2.26. The summed E-state index contributed by atoms with van der Waals surface area (Å²) < 4.78 is 27.6. The summed E-state index contributed by atoms with van der Waals surface area (Å²) in [6.07, 6.45) is 6.45. The molecule has 0 spiro atoms. The molecule has 1 amide bonds. The van der Waals surface area contributed by atoms with Crippen molar-refractivity contribution in [2.24, 2.45) is 0 Å². The zero-order valence-electron chi connectivity index (χ0n) is 17.0. The van der Waals surface area contributed by atoms with E-state index in [4.69, 9.17) is 0 Å². The van der Waals surface area contributed by atoms with Crippen molar-refractivity contribution in [1.82, 2.24) is 15.1 Å². The maximum absolute atomic E-state index is 14.0.